The first-order chi connectivity index (χ1) is 6.65. The van der Waals surface area contributed by atoms with Crippen molar-refractivity contribution in [1.82, 2.24) is 4.98 Å². The summed E-state index contributed by atoms with van der Waals surface area (Å²) in [7, 11) is 0. The van der Waals surface area contributed by atoms with Crippen LogP contribution in [0.15, 0.2) is 16.7 Å². The van der Waals surface area contributed by atoms with Crippen molar-refractivity contribution in [3.05, 3.63) is 21.8 Å². The van der Waals surface area contributed by atoms with Crippen molar-refractivity contribution in [1.29, 1.82) is 0 Å². The summed E-state index contributed by atoms with van der Waals surface area (Å²) < 4.78 is 0.886. The van der Waals surface area contributed by atoms with E-state index in [2.05, 4.69) is 26.2 Å². The van der Waals surface area contributed by atoms with Crippen LogP contribution in [0.25, 0.3) is 0 Å². The first-order valence-electron chi connectivity index (χ1n) is 4.37. The molecule has 1 aliphatic rings. The van der Waals surface area contributed by atoms with Gasteiger partial charge in [0.05, 0.1) is 5.02 Å². The second-order valence-electron chi connectivity index (χ2n) is 3.39. The Bertz CT molecular complexity index is 340. The van der Waals surface area contributed by atoms with E-state index >= 15 is 0 Å². The second-order valence-corrected chi connectivity index (χ2v) is 5.33. The fraction of sp³-hybridized carbons (Fsp3) is 0.444. The summed E-state index contributed by atoms with van der Waals surface area (Å²) in [5.41, 5.74) is 0. The van der Waals surface area contributed by atoms with Crippen LogP contribution in [0.1, 0.15) is 12.8 Å². The zero-order valence-electron chi connectivity index (χ0n) is 7.30. The molecule has 0 bridgehead atoms. The highest BCUT2D eigenvalue weighted by atomic mass is 79.9. The Labute approximate surface area is 101 Å². The molecular formula is C9H9BrCl2N2. The Morgan fingerprint density at radius 2 is 2.21 bits per heavy atom. The summed E-state index contributed by atoms with van der Waals surface area (Å²) in [5.74, 6) is 0.739. The molecule has 0 spiro atoms. The van der Waals surface area contributed by atoms with E-state index in [0.29, 0.717) is 16.4 Å². The quantitative estimate of drug-likeness (QED) is 0.842. The predicted molar refractivity (Wildman–Crippen MR) is 63.2 cm³/mol. The van der Waals surface area contributed by atoms with Gasteiger partial charge in [-0.25, -0.2) is 4.98 Å². The van der Waals surface area contributed by atoms with Crippen molar-refractivity contribution >= 4 is 44.9 Å². The lowest BCUT2D eigenvalue weighted by molar-refractivity contribution is 0.453. The average molecular weight is 296 g/mol. The van der Waals surface area contributed by atoms with Gasteiger partial charge in [-0.05, 0) is 34.8 Å². The van der Waals surface area contributed by atoms with Crippen molar-refractivity contribution < 1.29 is 0 Å². The van der Waals surface area contributed by atoms with E-state index in [-0.39, 0.29) is 0 Å². The van der Waals surface area contributed by atoms with Crippen molar-refractivity contribution in [3.8, 4) is 0 Å². The number of pyridine rings is 1. The third-order valence-electron chi connectivity index (χ3n) is 2.23. The van der Waals surface area contributed by atoms with Crippen LogP contribution < -0.4 is 5.32 Å². The fourth-order valence-electron chi connectivity index (χ4n) is 1.38. The van der Waals surface area contributed by atoms with Gasteiger partial charge in [-0.1, -0.05) is 11.6 Å². The third kappa shape index (κ3) is 2.33. The van der Waals surface area contributed by atoms with E-state index in [1.807, 2.05) is 6.07 Å². The molecule has 0 unspecified atom stereocenters. The summed E-state index contributed by atoms with van der Waals surface area (Å²) in [6, 6.07) is 2.25. The minimum Gasteiger partial charge on any atom is -0.366 e. The van der Waals surface area contributed by atoms with Crippen LogP contribution in [-0.2, 0) is 0 Å². The standard InChI is InChI=1S/C9H9BrCl2N2/c10-5-1-8(12)9(13-4-5)14-7-2-6(11)3-7/h1,4,6-7H,2-3H2,(H,13,14). The maximum Gasteiger partial charge on any atom is 0.145 e. The van der Waals surface area contributed by atoms with Gasteiger partial charge in [0.25, 0.3) is 0 Å². The van der Waals surface area contributed by atoms with E-state index < -0.39 is 0 Å². The van der Waals surface area contributed by atoms with Gasteiger partial charge in [0.2, 0.25) is 0 Å². The second kappa shape index (κ2) is 4.25. The lowest BCUT2D eigenvalue weighted by Gasteiger charge is -2.32. The normalized spacial score (nSPS) is 25.6. The van der Waals surface area contributed by atoms with Crippen LogP contribution >= 0.6 is 39.1 Å². The first-order valence-corrected chi connectivity index (χ1v) is 5.97. The molecule has 76 valence electrons. The largest absolute Gasteiger partial charge is 0.366 e. The molecule has 1 N–H and O–H groups in total. The van der Waals surface area contributed by atoms with Crippen molar-refractivity contribution in [2.75, 3.05) is 5.32 Å². The molecule has 0 saturated heterocycles. The smallest absolute Gasteiger partial charge is 0.145 e. The van der Waals surface area contributed by atoms with E-state index in [1.165, 1.54) is 0 Å². The lowest BCUT2D eigenvalue weighted by atomic mass is 9.92. The average Bonchev–Trinajstić information content (AvgIpc) is 2.06. The lowest BCUT2D eigenvalue weighted by Crippen LogP contribution is -2.36. The molecule has 0 atom stereocenters. The van der Waals surface area contributed by atoms with Gasteiger partial charge in [-0.3, -0.25) is 0 Å². The number of anilines is 1. The number of nitrogens with one attached hydrogen (secondary N) is 1. The van der Waals surface area contributed by atoms with Crippen molar-refractivity contribution in [2.45, 2.75) is 24.3 Å². The molecule has 0 aromatic carbocycles. The Morgan fingerprint density at radius 3 is 2.79 bits per heavy atom. The Kier molecular flexibility index (Phi) is 3.20. The predicted octanol–water partition coefficient (Wildman–Crippen LogP) is 3.68. The van der Waals surface area contributed by atoms with E-state index in [1.54, 1.807) is 6.20 Å². The van der Waals surface area contributed by atoms with Crippen LogP contribution in [-0.4, -0.2) is 16.4 Å². The number of rotatable bonds is 2. The fourth-order valence-corrected chi connectivity index (χ4v) is 2.49. The monoisotopic (exact) mass is 294 g/mol. The topological polar surface area (TPSA) is 24.9 Å². The van der Waals surface area contributed by atoms with Crippen molar-refractivity contribution in [2.24, 2.45) is 0 Å². The number of aromatic nitrogens is 1. The zero-order valence-corrected chi connectivity index (χ0v) is 10.4. The minimum atomic E-state index is 0.307. The Hall–Kier alpha value is 0.01000. The molecule has 0 radical (unpaired) electrons. The highest BCUT2D eigenvalue weighted by Gasteiger charge is 2.27. The number of halogens is 3. The van der Waals surface area contributed by atoms with Crippen LogP contribution in [0, 0.1) is 0 Å². The summed E-state index contributed by atoms with van der Waals surface area (Å²) in [5, 5.41) is 4.20. The maximum atomic E-state index is 6.00. The van der Waals surface area contributed by atoms with E-state index in [0.717, 1.165) is 23.1 Å². The summed E-state index contributed by atoms with van der Waals surface area (Å²) in [4.78, 5) is 4.19. The van der Waals surface area contributed by atoms with Gasteiger partial charge in [0.1, 0.15) is 5.82 Å². The van der Waals surface area contributed by atoms with Gasteiger partial charge in [0, 0.05) is 22.1 Å². The van der Waals surface area contributed by atoms with Crippen LogP contribution in [0.3, 0.4) is 0 Å². The maximum absolute atomic E-state index is 6.00. The number of nitrogens with zero attached hydrogens (tertiary/aromatic N) is 1. The molecule has 1 heterocycles. The first kappa shape index (κ1) is 10.5. The molecule has 0 aliphatic heterocycles. The molecule has 14 heavy (non-hydrogen) atoms. The van der Waals surface area contributed by atoms with E-state index in [4.69, 9.17) is 23.2 Å². The molecule has 1 fully saturated rings. The van der Waals surface area contributed by atoms with Gasteiger partial charge in [0.15, 0.2) is 0 Å². The molecule has 1 aliphatic carbocycles. The van der Waals surface area contributed by atoms with Crippen LogP contribution in [0.5, 0.6) is 0 Å². The highest BCUT2D eigenvalue weighted by Crippen LogP contribution is 2.30. The molecule has 1 aromatic heterocycles. The SMILES string of the molecule is Clc1cc(Br)cnc1NC1CC(Cl)C1. The molecule has 1 saturated carbocycles. The van der Waals surface area contributed by atoms with Crippen LogP contribution in [0.2, 0.25) is 5.02 Å². The summed E-state index contributed by atoms with van der Waals surface area (Å²) >= 11 is 15.2. The molecule has 2 nitrogen and oxygen atoms in total. The zero-order chi connectivity index (χ0) is 10.1. The molecular weight excluding hydrogens is 287 g/mol. The van der Waals surface area contributed by atoms with Gasteiger partial charge in [-0.2, -0.15) is 0 Å². The number of alkyl halides is 1. The minimum absolute atomic E-state index is 0.307. The summed E-state index contributed by atoms with van der Waals surface area (Å²) in [6.45, 7) is 0. The Balaban J connectivity index is 2.02. The third-order valence-corrected chi connectivity index (χ3v) is 3.31. The van der Waals surface area contributed by atoms with Gasteiger partial charge in [-0.15, -0.1) is 11.6 Å². The molecule has 1 aromatic rings. The molecule has 0 amide bonds. The van der Waals surface area contributed by atoms with Crippen LogP contribution in [0.4, 0.5) is 5.82 Å². The number of hydrogen-bond acceptors (Lipinski definition) is 2. The summed E-state index contributed by atoms with van der Waals surface area (Å²) in [6.07, 6.45) is 3.69. The van der Waals surface area contributed by atoms with Crippen molar-refractivity contribution in [3.63, 3.8) is 0 Å². The molecule has 2 rings (SSSR count). The molecule has 5 heteroatoms. The number of hydrogen-bond donors (Lipinski definition) is 1. The van der Waals surface area contributed by atoms with Gasteiger partial charge >= 0.3 is 0 Å². The highest BCUT2D eigenvalue weighted by molar-refractivity contribution is 9.10. The van der Waals surface area contributed by atoms with Gasteiger partial charge < -0.3 is 5.32 Å². The Morgan fingerprint density at radius 1 is 1.50 bits per heavy atom. The van der Waals surface area contributed by atoms with E-state index in [9.17, 15) is 0 Å².